The first-order valence-corrected chi connectivity index (χ1v) is 17.7. The molecule has 1 atom stereocenters. The van der Waals surface area contributed by atoms with Crippen LogP contribution in [0.1, 0.15) is 5.69 Å². The van der Waals surface area contributed by atoms with Crippen LogP contribution >= 0.6 is 23.5 Å². The fraction of sp³-hybridized carbons (Fsp3) is 0.132. The SMILES string of the molecule is Nc1ccc2c(c1)N(c1ccccc1)C(Cc1cc3ccc(NC(=O)Nc4ccc5c(c4)N(c4ccccc4)CCS5)cc3[nH]1)CS2. The van der Waals surface area contributed by atoms with Crippen molar-refractivity contribution in [3.05, 3.63) is 127 Å². The van der Waals surface area contributed by atoms with Gasteiger partial charge in [0.05, 0.1) is 11.4 Å². The van der Waals surface area contributed by atoms with Crippen LogP contribution in [0, 0.1) is 0 Å². The number of thioether (sulfide) groups is 2. The molecule has 0 fully saturated rings. The van der Waals surface area contributed by atoms with E-state index >= 15 is 0 Å². The molecule has 47 heavy (non-hydrogen) atoms. The number of amides is 2. The van der Waals surface area contributed by atoms with Gasteiger partial charge in [0.2, 0.25) is 0 Å². The monoisotopic (exact) mass is 654 g/mol. The predicted octanol–water partition coefficient (Wildman–Crippen LogP) is 9.49. The molecule has 6 aromatic rings. The lowest BCUT2D eigenvalue weighted by molar-refractivity contribution is 0.262. The van der Waals surface area contributed by atoms with E-state index in [1.165, 1.54) is 9.79 Å². The smallest absolute Gasteiger partial charge is 0.323 e. The van der Waals surface area contributed by atoms with Gasteiger partial charge in [-0.2, -0.15) is 0 Å². The molecule has 8 rings (SSSR count). The molecular weight excluding hydrogens is 621 g/mol. The zero-order valence-electron chi connectivity index (χ0n) is 25.6. The predicted molar refractivity (Wildman–Crippen MR) is 199 cm³/mol. The molecule has 2 aliphatic rings. The van der Waals surface area contributed by atoms with E-state index in [1.807, 2.05) is 59.9 Å². The standard InChI is InChI=1S/C38H34N6OS2/c39-26-12-15-37-35(20-26)44(31-9-5-2-6-10-31)32(24-47-37)21-29-19-25-11-13-27(22-33(25)40-29)41-38(45)42-28-14-16-36-34(23-28)43(17-18-46-36)30-7-3-1-4-8-30/h1-16,19-20,22-23,32,40H,17-18,21,24,39H2,(H2,41,42,45). The van der Waals surface area contributed by atoms with Crippen LogP contribution in [0.5, 0.6) is 0 Å². The lowest BCUT2D eigenvalue weighted by Gasteiger charge is -2.38. The number of hydrogen-bond acceptors (Lipinski definition) is 6. The van der Waals surface area contributed by atoms with Gasteiger partial charge in [-0.1, -0.05) is 42.5 Å². The topological polar surface area (TPSA) is 89.4 Å². The highest BCUT2D eigenvalue weighted by Crippen LogP contribution is 2.44. The lowest BCUT2D eigenvalue weighted by Crippen LogP contribution is -2.38. The number of nitrogens with zero attached hydrogens (tertiary/aromatic N) is 2. The molecule has 0 aliphatic carbocycles. The van der Waals surface area contributed by atoms with Crippen LogP contribution in [-0.4, -0.2) is 35.1 Å². The Labute approximate surface area is 282 Å². The maximum Gasteiger partial charge on any atom is 0.323 e. The molecule has 0 bridgehead atoms. The molecule has 7 nitrogen and oxygen atoms in total. The molecule has 0 saturated heterocycles. The summed E-state index contributed by atoms with van der Waals surface area (Å²) in [6, 6.07) is 41.4. The largest absolute Gasteiger partial charge is 0.399 e. The summed E-state index contributed by atoms with van der Waals surface area (Å²) in [5.41, 5.74) is 15.2. The van der Waals surface area contributed by atoms with Crippen molar-refractivity contribution < 1.29 is 4.79 Å². The third-order valence-corrected chi connectivity index (χ3v) is 10.9. The molecule has 2 amide bonds. The summed E-state index contributed by atoms with van der Waals surface area (Å²) in [5, 5.41) is 7.18. The number of H-pyrrole nitrogens is 1. The molecule has 0 radical (unpaired) electrons. The first-order valence-electron chi connectivity index (χ1n) is 15.7. The highest BCUT2D eigenvalue weighted by molar-refractivity contribution is 7.99. The molecule has 3 heterocycles. The van der Waals surface area contributed by atoms with Crippen molar-refractivity contribution in [2.75, 3.05) is 44.2 Å². The van der Waals surface area contributed by atoms with Gasteiger partial charge in [0, 0.05) is 80.0 Å². The minimum absolute atomic E-state index is 0.237. The fourth-order valence-corrected chi connectivity index (χ4v) is 8.57. The van der Waals surface area contributed by atoms with Crippen LogP contribution in [0.25, 0.3) is 10.9 Å². The second kappa shape index (κ2) is 12.7. The number of nitrogens with two attached hydrogens (primary N) is 1. The van der Waals surface area contributed by atoms with Crippen molar-refractivity contribution in [1.29, 1.82) is 0 Å². The highest BCUT2D eigenvalue weighted by atomic mass is 32.2. The number of nitrogens with one attached hydrogen (secondary N) is 3. The van der Waals surface area contributed by atoms with E-state index in [1.54, 1.807) is 0 Å². The van der Waals surface area contributed by atoms with Crippen molar-refractivity contribution >= 4 is 80.3 Å². The van der Waals surface area contributed by atoms with E-state index in [2.05, 4.69) is 110 Å². The Kier molecular flexibility index (Phi) is 7.92. The van der Waals surface area contributed by atoms with Gasteiger partial charge in [-0.15, -0.1) is 23.5 Å². The summed E-state index contributed by atoms with van der Waals surface area (Å²) in [7, 11) is 0. The first kappa shape index (κ1) is 29.4. The molecule has 2 aliphatic heterocycles. The van der Waals surface area contributed by atoms with E-state index in [9.17, 15) is 4.79 Å². The minimum atomic E-state index is -0.276. The van der Waals surface area contributed by atoms with Crippen molar-refractivity contribution in [1.82, 2.24) is 4.98 Å². The number of aromatic nitrogens is 1. The van der Waals surface area contributed by atoms with Gasteiger partial charge in [0.1, 0.15) is 0 Å². The summed E-state index contributed by atoms with van der Waals surface area (Å²) < 4.78 is 0. The number of rotatable bonds is 6. The quantitative estimate of drug-likeness (QED) is 0.134. The number of aromatic amines is 1. The fourth-order valence-electron chi connectivity index (χ4n) is 6.48. The molecule has 9 heteroatoms. The maximum absolute atomic E-state index is 13.1. The number of carbonyl (C=O) groups is 1. The summed E-state index contributed by atoms with van der Waals surface area (Å²) >= 11 is 3.72. The zero-order valence-corrected chi connectivity index (χ0v) is 27.3. The number of para-hydroxylation sites is 2. The van der Waals surface area contributed by atoms with Crippen LogP contribution in [-0.2, 0) is 6.42 Å². The van der Waals surface area contributed by atoms with Crippen LogP contribution < -0.4 is 26.2 Å². The average Bonchev–Trinajstić information content (AvgIpc) is 3.50. The number of fused-ring (bicyclic) bond motifs is 3. The summed E-state index contributed by atoms with van der Waals surface area (Å²) in [4.78, 5) is 23.9. The number of benzene rings is 5. The molecule has 0 saturated carbocycles. The molecule has 1 aromatic heterocycles. The van der Waals surface area contributed by atoms with Crippen molar-refractivity contribution in [3.63, 3.8) is 0 Å². The van der Waals surface area contributed by atoms with Gasteiger partial charge in [0.15, 0.2) is 0 Å². The van der Waals surface area contributed by atoms with Gasteiger partial charge in [-0.05, 0) is 84.2 Å². The number of anilines is 7. The number of nitrogen functional groups attached to an aromatic ring is 1. The van der Waals surface area contributed by atoms with Crippen LogP contribution in [0.2, 0.25) is 0 Å². The van der Waals surface area contributed by atoms with E-state index in [-0.39, 0.29) is 12.1 Å². The Morgan fingerprint density at radius 3 is 2.28 bits per heavy atom. The first-order chi connectivity index (χ1) is 23.1. The lowest BCUT2D eigenvalue weighted by atomic mass is 10.1. The average molecular weight is 655 g/mol. The Bertz CT molecular complexity index is 2070. The van der Waals surface area contributed by atoms with E-state index < -0.39 is 0 Å². The molecule has 1 unspecified atom stereocenters. The van der Waals surface area contributed by atoms with Crippen molar-refractivity contribution in [3.8, 4) is 0 Å². The van der Waals surface area contributed by atoms with Crippen LogP contribution in [0.4, 0.5) is 44.6 Å². The normalized spacial score (nSPS) is 15.6. The van der Waals surface area contributed by atoms with Crippen molar-refractivity contribution in [2.24, 2.45) is 0 Å². The van der Waals surface area contributed by atoms with E-state index in [0.717, 1.165) is 80.9 Å². The zero-order chi connectivity index (χ0) is 31.7. The Morgan fingerprint density at radius 1 is 0.766 bits per heavy atom. The maximum atomic E-state index is 13.1. The minimum Gasteiger partial charge on any atom is -0.399 e. The van der Waals surface area contributed by atoms with E-state index in [4.69, 9.17) is 5.73 Å². The second-order valence-electron chi connectivity index (χ2n) is 11.8. The Morgan fingerprint density at radius 2 is 1.47 bits per heavy atom. The highest BCUT2D eigenvalue weighted by Gasteiger charge is 2.29. The van der Waals surface area contributed by atoms with Gasteiger partial charge in [0.25, 0.3) is 0 Å². The Balaban J connectivity index is 0.984. The summed E-state index contributed by atoms with van der Waals surface area (Å²) in [6.07, 6.45) is 0.838. The summed E-state index contributed by atoms with van der Waals surface area (Å²) in [6.45, 7) is 0.918. The number of urea groups is 1. The molecule has 0 spiro atoms. The molecule has 5 N–H and O–H groups in total. The van der Waals surface area contributed by atoms with Crippen molar-refractivity contribution in [2.45, 2.75) is 22.3 Å². The second-order valence-corrected chi connectivity index (χ2v) is 14.0. The molecular formula is C38H34N6OS2. The summed E-state index contributed by atoms with van der Waals surface area (Å²) in [5.74, 6) is 1.98. The van der Waals surface area contributed by atoms with Gasteiger partial charge in [-0.25, -0.2) is 4.79 Å². The van der Waals surface area contributed by atoms with E-state index in [0.29, 0.717) is 0 Å². The molecule has 5 aromatic carbocycles. The Hall–Kier alpha value is -4.99. The van der Waals surface area contributed by atoms with Crippen LogP contribution in [0.15, 0.2) is 131 Å². The van der Waals surface area contributed by atoms with Gasteiger partial charge < -0.3 is 31.2 Å². The van der Waals surface area contributed by atoms with Gasteiger partial charge in [-0.3, -0.25) is 0 Å². The third-order valence-electron chi connectivity index (χ3n) is 8.61. The van der Waals surface area contributed by atoms with Gasteiger partial charge >= 0.3 is 6.03 Å². The number of carbonyl (C=O) groups excluding carboxylic acids is 1. The van der Waals surface area contributed by atoms with Crippen LogP contribution in [0.3, 0.4) is 0 Å². The molecule has 234 valence electrons. The third kappa shape index (κ3) is 6.12. The number of hydrogen-bond donors (Lipinski definition) is 4.